The van der Waals surface area contributed by atoms with E-state index in [9.17, 15) is 23.9 Å². The van der Waals surface area contributed by atoms with Crippen LogP contribution in [0.2, 0.25) is 0 Å². The van der Waals surface area contributed by atoms with Crippen LogP contribution in [0.3, 0.4) is 0 Å². The van der Waals surface area contributed by atoms with Crippen LogP contribution in [0.1, 0.15) is 63.9 Å². The van der Waals surface area contributed by atoms with E-state index >= 15 is 0 Å². The molecule has 4 N–H and O–H groups in total. The van der Waals surface area contributed by atoms with Gasteiger partial charge in [-0.2, -0.15) is 0 Å². The Hall–Kier alpha value is -3.72. The molecular weight excluding hydrogens is 463 g/mol. The van der Waals surface area contributed by atoms with Crippen molar-refractivity contribution in [1.82, 2.24) is 9.88 Å². The van der Waals surface area contributed by atoms with Crippen LogP contribution >= 0.6 is 0 Å². The Morgan fingerprint density at radius 2 is 1.86 bits per heavy atom. The maximum atomic E-state index is 14.1. The summed E-state index contributed by atoms with van der Waals surface area (Å²) in [5.41, 5.74) is 1.88. The molecule has 0 saturated heterocycles. The molecule has 1 amide bonds. The van der Waals surface area contributed by atoms with Gasteiger partial charge in [0.1, 0.15) is 11.4 Å². The number of aromatic carboxylic acids is 1. The first-order chi connectivity index (χ1) is 17.2. The Kier molecular flexibility index (Phi) is 7.40. The maximum absolute atomic E-state index is 14.1. The van der Waals surface area contributed by atoms with Gasteiger partial charge in [0.2, 0.25) is 0 Å². The van der Waals surface area contributed by atoms with Crippen LogP contribution in [-0.2, 0) is 6.54 Å². The lowest BCUT2D eigenvalue weighted by Crippen LogP contribution is -2.33. The number of anilines is 2. The summed E-state index contributed by atoms with van der Waals surface area (Å²) in [6, 6.07) is 7.34. The predicted octanol–water partition coefficient (Wildman–Crippen LogP) is 4.73. The number of nitrogens with one attached hydrogen (secondary N) is 3. The number of benzene rings is 2. The van der Waals surface area contributed by atoms with E-state index in [1.165, 1.54) is 30.7 Å². The second-order valence-corrected chi connectivity index (χ2v) is 9.47. The second-order valence-electron chi connectivity index (χ2n) is 9.47. The van der Waals surface area contributed by atoms with E-state index in [0.29, 0.717) is 46.0 Å². The number of hydrogen-bond donors (Lipinski definition) is 4. The van der Waals surface area contributed by atoms with Crippen molar-refractivity contribution in [1.29, 1.82) is 0 Å². The number of carboxylic acids is 1. The number of carboxylic acid groups (broad SMARTS) is 1. The average molecular weight is 495 g/mol. The second kappa shape index (κ2) is 10.5. The summed E-state index contributed by atoms with van der Waals surface area (Å²) in [4.78, 5) is 42.6. The van der Waals surface area contributed by atoms with Gasteiger partial charge in [-0.25, -0.2) is 9.18 Å². The van der Waals surface area contributed by atoms with E-state index in [1.807, 2.05) is 7.05 Å². The van der Waals surface area contributed by atoms with Crippen LogP contribution in [0.25, 0.3) is 10.9 Å². The van der Waals surface area contributed by atoms with Gasteiger partial charge >= 0.3 is 5.97 Å². The molecule has 0 aliphatic heterocycles. The lowest BCUT2D eigenvalue weighted by Gasteiger charge is -2.32. The molecule has 4 rings (SSSR count). The van der Waals surface area contributed by atoms with Crippen molar-refractivity contribution in [3.63, 3.8) is 0 Å². The summed E-state index contributed by atoms with van der Waals surface area (Å²) in [6.45, 7) is 2.18. The zero-order valence-electron chi connectivity index (χ0n) is 20.7. The Labute approximate surface area is 208 Å². The summed E-state index contributed by atoms with van der Waals surface area (Å²) in [7, 11) is 3.62. The molecule has 0 bridgehead atoms. The summed E-state index contributed by atoms with van der Waals surface area (Å²) in [6.07, 6.45) is 5.70. The van der Waals surface area contributed by atoms with Crippen LogP contribution in [-0.4, -0.2) is 47.0 Å². The number of aromatic nitrogens is 1. The van der Waals surface area contributed by atoms with Crippen molar-refractivity contribution in [2.75, 3.05) is 24.7 Å². The summed E-state index contributed by atoms with van der Waals surface area (Å²) in [5, 5.41) is 15.6. The van der Waals surface area contributed by atoms with E-state index in [0.717, 1.165) is 25.7 Å². The Morgan fingerprint density at radius 3 is 2.53 bits per heavy atom. The van der Waals surface area contributed by atoms with Crippen molar-refractivity contribution in [2.45, 2.75) is 51.6 Å². The molecule has 0 unspecified atom stereocenters. The van der Waals surface area contributed by atoms with E-state index in [2.05, 4.69) is 20.5 Å². The third kappa shape index (κ3) is 5.26. The van der Waals surface area contributed by atoms with Crippen molar-refractivity contribution in [2.24, 2.45) is 0 Å². The van der Waals surface area contributed by atoms with Gasteiger partial charge in [-0.05, 0) is 68.3 Å². The third-order valence-corrected chi connectivity index (χ3v) is 6.95. The number of fused-ring (bicyclic) bond motifs is 1. The van der Waals surface area contributed by atoms with Crippen molar-refractivity contribution in [3.8, 4) is 0 Å². The zero-order chi connectivity index (χ0) is 26.0. The van der Waals surface area contributed by atoms with Crippen LogP contribution in [0, 0.1) is 12.7 Å². The number of nitrogens with zero attached hydrogens (tertiary/aromatic N) is 1. The average Bonchev–Trinajstić information content (AvgIpc) is 2.85. The summed E-state index contributed by atoms with van der Waals surface area (Å²) < 4.78 is 14.1. The van der Waals surface area contributed by atoms with Gasteiger partial charge in [0.25, 0.3) is 11.5 Å². The van der Waals surface area contributed by atoms with Gasteiger partial charge in [0.05, 0.1) is 16.8 Å². The molecule has 1 aliphatic carbocycles. The van der Waals surface area contributed by atoms with Crippen LogP contribution in [0.4, 0.5) is 15.8 Å². The third-order valence-electron chi connectivity index (χ3n) is 6.95. The first-order valence-electron chi connectivity index (χ1n) is 12.1. The van der Waals surface area contributed by atoms with Gasteiger partial charge in [-0.15, -0.1) is 0 Å². The molecule has 3 aromatic rings. The highest BCUT2D eigenvalue weighted by molar-refractivity contribution is 6.07. The van der Waals surface area contributed by atoms with Crippen LogP contribution in [0.5, 0.6) is 0 Å². The number of rotatable bonds is 7. The highest BCUT2D eigenvalue weighted by Gasteiger charge is 2.22. The molecule has 36 heavy (non-hydrogen) atoms. The fourth-order valence-corrected chi connectivity index (χ4v) is 5.04. The van der Waals surface area contributed by atoms with E-state index in [-0.39, 0.29) is 11.1 Å². The molecule has 0 spiro atoms. The van der Waals surface area contributed by atoms with Crippen molar-refractivity contribution < 1.29 is 19.1 Å². The van der Waals surface area contributed by atoms with Gasteiger partial charge in [0.15, 0.2) is 0 Å². The fourth-order valence-electron chi connectivity index (χ4n) is 5.04. The zero-order valence-corrected chi connectivity index (χ0v) is 20.7. The summed E-state index contributed by atoms with van der Waals surface area (Å²) >= 11 is 0. The molecule has 1 fully saturated rings. The van der Waals surface area contributed by atoms with Gasteiger partial charge < -0.3 is 20.7 Å². The Balaban J connectivity index is 1.70. The Bertz CT molecular complexity index is 1380. The lowest BCUT2D eigenvalue weighted by atomic mass is 9.94. The number of aromatic amines is 1. The maximum Gasteiger partial charge on any atom is 0.335 e. The highest BCUT2D eigenvalue weighted by atomic mass is 19.1. The monoisotopic (exact) mass is 494 g/mol. The van der Waals surface area contributed by atoms with Gasteiger partial charge in [-0.3, -0.25) is 14.5 Å². The minimum Gasteiger partial charge on any atom is -0.478 e. The number of hydrogen-bond acceptors (Lipinski definition) is 5. The molecule has 1 aromatic heterocycles. The van der Waals surface area contributed by atoms with Crippen molar-refractivity contribution >= 4 is 34.2 Å². The normalized spacial score (nSPS) is 14.2. The number of carbonyl (C=O) groups excluding carboxylic acids is 1. The van der Waals surface area contributed by atoms with Gasteiger partial charge in [-0.1, -0.05) is 19.3 Å². The first-order valence-corrected chi connectivity index (χ1v) is 12.1. The summed E-state index contributed by atoms with van der Waals surface area (Å²) in [5.74, 6) is -2.20. The van der Waals surface area contributed by atoms with E-state index in [1.54, 1.807) is 20.0 Å². The number of carbonyl (C=O) groups is 2. The topological polar surface area (TPSA) is 115 Å². The standard InChI is InChI=1S/C27H31FN4O4/c1-15-9-17(27(35)36)10-18(14-32(3)20-7-5-4-6-8-20)23(15)30-25(33)21-12-16-11-19(28)13-22(29-2)24(16)31-26(21)34/h9-13,20,29H,4-8,14H2,1-3H3,(H,30,33)(H,31,34)(H,35,36). The molecular formula is C27H31FN4O4. The number of halogens is 1. The fraction of sp³-hybridized carbons (Fsp3) is 0.370. The largest absolute Gasteiger partial charge is 0.478 e. The first kappa shape index (κ1) is 25.4. The SMILES string of the molecule is CNc1cc(F)cc2cc(C(=O)Nc3c(C)cc(C(=O)O)cc3CN(C)C3CCCCC3)c(=O)[nH]c12. The quantitative estimate of drug-likeness (QED) is 0.378. The highest BCUT2D eigenvalue weighted by Crippen LogP contribution is 2.29. The van der Waals surface area contributed by atoms with E-state index in [4.69, 9.17) is 0 Å². The molecule has 190 valence electrons. The molecule has 0 radical (unpaired) electrons. The molecule has 1 aliphatic rings. The van der Waals surface area contributed by atoms with Crippen LogP contribution < -0.4 is 16.2 Å². The minimum atomic E-state index is -1.05. The predicted molar refractivity (Wildman–Crippen MR) is 139 cm³/mol. The van der Waals surface area contributed by atoms with Crippen LogP contribution in [0.15, 0.2) is 35.1 Å². The Morgan fingerprint density at radius 1 is 1.14 bits per heavy atom. The molecule has 9 heteroatoms. The lowest BCUT2D eigenvalue weighted by molar-refractivity contribution is 0.0696. The number of pyridine rings is 1. The molecule has 1 heterocycles. The number of aryl methyl sites for hydroxylation is 1. The number of amides is 1. The smallest absolute Gasteiger partial charge is 0.335 e. The van der Waals surface area contributed by atoms with Crippen molar-refractivity contribution in [3.05, 3.63) is 68.8 Å². The molecule has 1 saturated carbocycles. The minimum absolute atomic E-state index is 0.135. The molecule has 0 atom stereocenters. The van der Waals surface area contributed by atoms with E-state index < -0.39 is 23.3 Å². The van der Waals surface area contributed by atoms with Gasteiger partial charge in [0, 0.05) is 30.7 Å². The molecule has 2 aromatic carbocycles. The molecule has 8 nitrogen and oxygen atoms in total. The number of H-pyrrole nitrogens is 1.